The van der Waals surface area contributed by atoms with Gasteiger partial charge in [-0.05, 0) is 95.2 Å². The van der Waals surface area contributed by atoms with Crippen LogP contribution in [0.2, 0.25) is 0 Å². The van der Waals surface area contributed by atoms with Crippen LogP contribution in [-0.2, 0) is 4.74 Å². The number of aliphatic imine (C=N–C) groups is 2. The van der Waals surface area contributed by atoms with Gasteiger partial charge in [0.05, 0.1) is 0 Å². The topological polar surface area (TPSA) is 46.0 Å². The van der Waals surface area contributed by atoms with E-state index in [1.165, 1.54) is 39.0 Å². The Morgan fingerprint density at radius 1 is 0.551 bits per heavy atom. The largest absolute Gasteiger partial charge is 0.485 e. The van der Waals surface area contributed by atoms with Crippen LogP contribution < -0.4 is 5.32 Å². The zero-order chi connectivity index (χ0) is 32.6. The van der Waals surface area contributed by atoms with Crippen LogP contribution in [0.25, 0.3) is 16.7 Å². The minimum Gasteiger partial charge on any atom is -0.485 e. The lowest BCUT2D eigenvalue weighted by atomic mass is 9.83. The highest BCUT2D eigenvalue weighted by Crippen LogP contribution is 2.42. The zero-order valence-electron chi connectivity index (χ0n) is 27.6. The molecule has 2 unspecified atom stereocenters. The molecule has 2 aliphatic heterocycles. The van der Waals surface area contributed by atoms with E-state index in [1.807, 2.05) is 0 Å². The van der Waals surface area contributed by atoms with E-state index in [1.54, 1.807) is 0 Å². The van der Waals surface area contributed by atoms with Gasteiger partial charge in [-0.25, -0.2) is 9.98 Å². The first kappa shape index (κ1) is 29.6. The Morgan fingerprint density at radius 3 is 1.69 bits per heavy atom. The lowest BCUT2D eigenvalue weighted by molar-refractivity contribution is 0.174. The minimum atomic E-state index is -0.363. The monoisotopic (exact) mass is 637 g/mol. The highest BCUT2D eigenvalue weighted by Gasteiger charge is 2.35. The highest BCUT2D eigenvalue weighted by atomic mass is 16.5. The van der Waals surface area contributed by atoms with Crippen molar-refractivity contribution >= 4 is 28.4 Å². The Balaban J connectivity index is 1.02. The smallest absolute Gasteiger partial charge is 0.169 e. The van der Waals surface area contributed by atoms with Gasteiger partial charge in [0.2, 0.25) is 0 Å². The van der Waals surface area contributed by atoms with Crippen molar-refractivity contribution in [2.24, 2.45) is 15.9 Å². The Morgan fingerprint density at radius 2 is 1.10 bits per heavy atom. The van der Waals surface area contributed by atoms with Crippen LogP contribution in [0.3, 0.4) is 0 Å². The van der Waals surface area contributed by atoms with Crippen LogP contribution in [-0.4, -0.2) is 17.8 Å². The Hall–Kier alpha value is -5.48. The summed E-state index contributed by atoms with van der Waals surface area (Å²) in [5.74, 6) is 3.05. The lowest BCUT2D eigenvalue weighted by Gasteiger charge is -2.23. The van der Waals surface area contributed by atoms with Crippen LogP contribution in [0.4, 0.5) is 0 Å². The molecule has 0 fully saturated rings. The van der Waals surface area contributed by atoms with Crippen molar-refractivity contribution in [3.05, 3.63) is 184 Å². The van der Waals surface area contributed by atoms with Crippen molar-refractivity contribution in [3.8, 4) is 0 Å². The average Bonchev–Trinajstić information content (AvgIpc) is 3.57. The third-order valence-corrected chi connectivity index (χ3v) is 10.3. The standard InChI is InChI=1S/C45H39N3O/c1-3-9-30(10-4-1)32-15-21-35(22-16-32)43-46-44(36-23-17-33(18-24-36)31-11-5-2-6-12-31)48-45(47-43)37-25-19-34(20-26-37)38-27-28-42-40(29-38)39-13-7-8-14-41(39)49-42/h3,5,8-12,14-29,40,42,45H,1-2,4,6-7,13H2,(H,46,47,48). The fourth-order valence-corrected chi connectivity index (χ4v) is 7.55. The third kappa shape index (κ3) is 5.93. The van der Waals surface area contributed by atoms with E-state index >= 15 is 0 Å². The van der Waals surface area contributed by atoms with Crippen LogP contribution in [0.5, 0.6) is 0 Å². The van der Waals surface area contributed by atoms with Gasteiger partial charge in [-0.15, -0.1) is 0 Å². The molecule has 49 heavy (non-hydrogen) atoms. The molecule has 4 heteroatoms. The summed E-state index contributed by atoms with van der Waals surface area (Å²) in [4.78, 5) is 10.4. The summed E-state index contributed by atoms with van der Waals surface area (Å²) in [6, 6.07) is 26.3. The molecule has 0 radical (unpaired) electrons. The summed E-state index contributed by atoms with van der Waals surface area (Å²) in [5, 5.41) is 3.59. The van der Waals surface area contributed by atoms with E-state index in [-0.39, 0.29) is 12.3 Å². The van der Waals surface area contributed by atoms with Crippen molar-refractivity contribution in [2.45, 2.75) is 50.8 Å². The van der Waals surface area contributed by atoms with E-state index in [0.717, 1.165) is 72.6 Å². The maximum Gasteiger partial charge on any atom is 0.169 e. The van der Waals surface area contributed by atoms with E-state index in [9.17, 15) is 0 Å². The van der Waals surface area contributed by atoms with Crippen molar-refractivity contribution < 1.29 is 4.74 Å². The van der Waals surface area contributed by atoms with Gasteiger partial charge in [0.15, 0.2) is 6.17 Å². The van der Waals surface area contributed by atoms with Crippen molar-refractivity contribution in [1.82, 2.24) is 5.32 Å². The van der Waals surface area contributed by atoms with E-state index in [4.69, 9.17) is 14.7 Å². The second-order valence-corrected chi connectivity index (χ2v) is 13.4. The van der Waals surface area contributed by atoms with Crippen LogP contribution in [0, 0.1) is 5.92 Å². The molecule has 3 aromatic rings. The van der Waals surface area contributed by atoms with Gasteiger partial charge in [0, 0.05) is 17.0 Å². The number of ether oxygens (including phenoxy) is 1. The number of rotatable bonds is 6. The molecule has 6 aliphatic rings. The predicted octanol–water partition coefficient (Wildman–Crippen LogP) is 10.2. The maximum atomic E-state index is 6.23. The molecular weight excluding hydrogens is 599 g/mol. The third-order valence-electron chi connectivity index (χ3n) is 10.3. The summed E-state index contributed by atoms with van der Waals surface area (Å²) in [5.41, 5.74) is 12.1. The fourth-order valence-electron chi connectivity index (χ4n) is 7.55. The highest BCUT2D eigenvalue weighted by molar-refractivity contribution is 6.16. The molecule has 0 aromatic heterocycles. The van der Waals surface area contributed by atoms with Gasteiger partial charge in [-0.3, -0.25) is 0 Å². The van der Waals surface area contributed by atoms with Gasteiger partial charge in [0.1, 0.15) is 23.5 Å². The first-order chi connectivity index (χ1) is 24.2. The van der Waals surface area contributed by atoms with Crippen molar-refractivity contribution in [3.63, 3.8) is 0 Å². The summed E-state index contributed by atoms with van der Waals surface area (Å²) in [7, 11) is 0. The quantitative estimate of drug-likeness (QED) is 0.292. The molecule has 0 amide bonds. The lowest BCUT2D eigenvalue weighted by Crippen LogP contribution is -2.36. The molecule has 0 bridgehead atoms. The van der Waals surface area contributed by atoms with E-state index in [2.05, 4.69) is 145 Å². The summed E-state index contributed by atoms with van der Waals surface area (Å²) in [6.45, 7) is 0. The van der Waals surface area contributed by atoms with Crippen LogP contribution >= 0.6 is 0 Å². The number of hydrogen-bond donors (Lipinski definition) is 1. The molecule has 0 spiro atoms. The minimum absolute atomic E-state index is 0.112. The predicted molar refractivity (Wildman–Crippen MR) is 202 cm³/mol. The summed E-state index contributed by atoms with van der Waals surface area (Å²) in [6.07, 6.45) is 31.1. The van der Waals surface area contributed by atoms with E-state index < -0.39 is 0 Å². The second-order valence-electron chi connectivity index (χ2n) is 13.4. The number of allylic oxidation sites excluding steroid dienone is 12. The normalized spacial score (nSPS) is 22.7. The average molecular weight is 638 g/mol. The molecule has 240 valence electrons. The number of fused-ring (bicyclic) bond motifs is 2. The van der Waals surface area contributed by atoms with Crippen LogP contribution in [0.15, 0.2) is 161 Å². The molecule has 9 rings (SSSR count). The first-order valence-electron chi connectivity index (χ1n) is 17.7. The summed E-state index contributed by atoms with van der Waals surface area (Å²) >= 11 is 0. The SMILES string of the molecule is C1=CC(c2ccc(C3=NC(c4ccc(C5=CC6C7=C(C=CCC7)OC6C=C5)cc4)N=C(c4ccc(C5=CCCC=C5)cc4)N3)cc2)=CCC1. The Labute approximate surface area is 288 Å². The molecular formula is C45H39N3O. The molecule has 1 N–H and O–H groups in total. The number of hydrogen-bond acceptors (Lipinski definition) is 4. The van der Waals surface area contributed by atoms with Gasteiger partial charge in [0.25, 0.3) is 0 Å². The zero-order valence-corrected chi connectivity index (χ0v) is 27.6. The molecule has 2 atom stereocenters. The summed E-state index contributed by atoms with van der Waals surface area (Å²) < 4.78 is 6.23. The number of amidine groups is 2. The molecule has 0 saturated carbocycles. The molecule has 3 aromatic carbocycles. The molecule has 4 aliphatic carbocycles. The van der Waals surface area contributed by atoms with Gasteiger partial charge >= 0.3 is 0 Å². The molecule has 4 nitrogen and oxygen atoms in total. The number of benzene rings is 3. The maximum absolute atomic E-state index is 6.23. The van der Waals surface area contributed by atoms with Crippen molar-refractivity contribution in [2.75, 3.05) is 0 Å². The number of nitrogens with zero attached hydrogens (tertiary/aromatic N) is 2. The van der Waals surface area contributed by atoms with Gasteiger partial charge in [-0.2, -0.15) is 0 Å². The molecule has 0 saturated heterocycles. The molecule has 2 heterocycles. The Kier molecular flexibility index (Phi) is 7.78. The number of nitrogens with one attached hydrogen (secondary N) is 1. The van der Waals surface area contributed by atoms with Gasteiger partial charge in [-0.1, -0.05) is 127 Å². The Bertz CT molecular complexity index is 2000. The fraction of sp³-hybridized carbons (Fsp3) is 0.200. The van der Waals surface area contributed by atoms with Crippen LogP contribution in [0.1, 0.15) is 78.1 Å². The first-order valence-corrected chi connectivity index (χ1v) is 17.7. The van der Waals surface area contributed by atoms with Crippen molar-refractivity contribution in [1.29, 1.82) is 0 Å². The van der Waals surface area contributed by atoms with E-state index in [0.29, 0.717) is 5.92 Å². The van der Waals surface area contributed by atoms with Gasteiger partial charge < -0.3 is 10.1 Å². The second kappa shape index (κ2) is 12.9.